The fraction of sp³-hybridized carbons (Fsp3) is 0.688. The quantitative estimate of drug-likeness (QED) is 0.785. The number of imidazole rings is 1. The van der Waals surface area contributed by atoms with Crippen molar-refractivity contribution in [1.29, 1.82) is 0 Å². The van der Waals surface area contributed by atoms with E-state index in [0.29, 0.717) is 12.1 Å². The van der Waals surface area contributed by atoms with Crippen LogP contribution in [-0.4, -0.2) is 40.5 Å². The first-order valence-electron chi connectivity index (χ1n) is 7.80. The number of aromatic amines is 1. The second-order valence-corrected chi connectivity index (χ2v) is 5.96. The first-order chi connectivity index (χ1) is 9.69. The second-order valence-electron chi connectivity index (χ2n) is 5.96. The molecule has 2 rings (SSSR count). The zero-order valence-corrected chi connectivity index (χ0v) is 13.0. The van der Waals surface area contributed by atoms with E-state index in [-0.39, 0.29) is 0 Å². The van der Waals surface area contributed by atoms with Crippen LogP contribution in [-0.2, 0) is 0 Å². The SMILES string of the molecule is CCC(NC1CCN(CC=C(C)C)CC1)c1ncc[nH]1. The summed E-state index contributed by atoms with van der Waals surface area (Å²) in [5, 5.41) is 3.76. The molecule has 0 saturated carbocycles. The van der Waals surface area contributed by atoms with Gasteiger partial charge < -0.3 is 10.3 Å². The van der Waals surface area contributed by atoms with Gasteiger partial charge in [-0.3, -0.25) is 4.90 Å². The van der Waals surface area contributed by atoms with E-state index in [1.54, 1.807) is 0 Å². The van der Waals surface area contributed by atoms with E-state index in [9.17, 15) is 0 Å². The molecule has 1 aliphatic rings. The standard InChI is InChI=1S/C16H28N4/c1-4-15(16-17-8-9-18-16)19-14-6-11-20(12-7-14)10-5-13(2)3/h5,8-9,14-15,19H,4,6-7,10-12H2,1-3H3,(H,17,18). The average molecular weight is 276 g/mol. The van der Waals surface area contributed by atoms with Gasteiger partial charge in [-0.2, -0.15) is 0 Å². The molecule has 4 heteroatoms. The fourth-order valence-electron chi connectivity index (χ4n) is 2.74. The van der Waals surface area contributed by atoms with Crippen molar-refractivity contribution in [2.75, 3.05) is 19.6 Å². The zero-order chi connectivity index (χ0) is 14.4. The van der Waals surface area contributed by atoms with Crippen molar-refractivity contribution < 1.29 is 0 Å². The normalized spacial score (nSPS) is 18.9. The topological polar surface area (TPSA) is 44.0 Å². The predicted octanol–water partition coefficient (Wildman–Crippen LogP) is 2.88. The van der Waals surface area contributed by atoms with Crippen LogP contribution in [0.1, 0.15) is 51.9 Å². The molecule has 1 fully saturated rings. The molecule has 2 N–H and O–H groups in total. The van der Waals surface area contributed by atoms with Gasteiger partial charge in [-0.1, -0.05) is 18.6 Å². The highest BCUT2D eigenvalue weighted by atomic mass is 15.1. The lowest BCUT2D eigenvalue weighted by Gasteiger charge is -2.33. The van der Waals surface area contributed by atoms with Crippen molar-refractivity contribution in [2.24, 2.45) is 0 Å². The minimum Gasteiger partial charge on any atom is -0.347 e. The van der Waals surface area contributed by atoms with E-state index < -0.39 is 0 Å². The molecule has 0 amide bonds. The molecule has 0 aliphatic carbocycles. The third-order valence-corrected chi connectivity index (χ3v) is 4.04. The highest BCUT2D eigenvalue weighted by Gasteiger charge is 2.22. The van der Waals surface area contributed by atoms with E-state index in [2.05, 4.69) is 47.0 Å². The summed E-state index contributed by atoms with van der Waals surface area (Å²) in [4.78, 5) is 10.1. The number of nitrogens with zero attached hydrogens (tertiary/aromatic N) is 2. The Hall–Kier alpha value is -1.13. The summed E-state index contributed by atoms with van der Waals surface area (Å²) in [6.07, 6.45) is 9.60. The molecule has 1 aliphatic heterocycles. The Bertz CT molecular complexity index is 398. The highest BCUT2D eigenvalue weighted by Crippen LogP contribution is 2.17. The van der Waals surface area contributed by atoms with Gasteiger partial charge in [0.15, 0.2) is 0 Å². The van der Waals surface area contributed by atoms with Gasteiger partial charge in [0.1, 0.15) is 5.82 Å². The van der Waals surface area contributed by atoms with Gasteiger partial charge in [-0.25, -0.2) is 4.98 Å². The van der Waals surface area contributed by atoms with Gasteiger partial charge >= 0.3 is 0 Å². The molecule has 1 aromatic heterocycles. The summed E-state index contributed by atoms with van der Waals surface area (Å²) in [5.41, 5.74) is 1.41. The van der Waals surface area contributed by atoms with Gasteiger partial charge in [0, 0.05) is 25.0 Å². The molecule has 1 unspecified atom stereocenters. The lowest BCUT2D eigenvalue weighted by atomic mass is 10.0. The molecule has 112 valence electrons. The Kier molecular flexibility index (Phi) is 5.80. The first-order valence-corrected chi connectivity index (χ1v) is 7.80. The Balaban J connectivity index is 1.77. The second kappa shape index (κ2) is 7.60. The Labute approximate surface area is 122 Å². The molecular weight excluding hydrogens is 248 g/mol. The largest absolute Gasteiger partial charge is 0.347 e. The summed E-state index contributed by atoms with van der Waals surface area (Å²) < 4.78 is 0. The number of aromatic nitrogens is 2. The monoisotopic (exact) mass is 276 g/mol. The number of likely N-dealkylation sites (tertiary alicyclic amines) is 1. The Morgan fingerprint density at radius 2 is 2.25 bits per heavy atom. The van der Waals surface area contributed by atoms with Crippen molar-refractivity contribution in [2.45, 2.75) is 52.1 Å². The maximum atomic E-state index is 4.38. The molecule has 4 nitrogen and oxygen atoms in total. The van der Waals surface area contributed by atoms with E-state index in [1.165, 1.54) is 31.5 Å². The van der Waals surface area contributed by atoms with Gasteiger partial charge in [0.2, 0.25) is 0 Å². The molecular formula is C16H28N4. The average Bonchev–Trinajstić information content (AvgIpc) is 2.97. The molecule has 0 aromatic carbocycles. The van der Waals surface area contributed by atoms with Crippen LogP contribution in [0.15, 0.2) is 24.0 Å². The highest BCUT2D eigenvalue weighted by molar-refractivity contribution is 4.98. The van der Waals surface area contributed by atoms with E-state index in [4.69, 9.17) is 0 Å². The summed E-state index contributed by atoms with van der Waals surface area (Å²) in [6, 6.07) is 0.979. The van der Waals surface area contributed by atoms with Crippen molar-refractivity contribution in [3.05, 3.63) is 29.9 Å². The number of rotatable bonds is 6. The third kappa shape index (κ3) is 4.46. The van der Waals surface area contributed by atoms with Crippen LogP contribution in [0.2, 0.25) is 0 Å². The molecule has 2 heterocycles. The van der Waals surface area contributed by atoms with Gasteiger partial charge in [0.25, 0.3) is 0 Å². The maximum absolute atomic E-state index is 4.38. The number of nitrogens with one attached hydrogen (secondary N) is 2. The van der Waals surface area contributed by atoms with Crippen molar-refractivity contribution in [1.82, 2.24) is 20.2 Å². The van der Waals surface area contributed by atoms with Crippen molar-refractivity contribution >= 4 is 0 Å². The molecule has 20 heavy (non-hydrogen) atoms. The zero-order valence-electron chi connectivity index (χ0n) is 13.0. The number of piperidine rings is 1. The van der Waals surface area contributed by atoms with Gasteiger partial charge in [-0.15, -0.1) is 0 Å². The van der Waals surface area contributed by atoms with Crippen molar-refractivity contribution in [3.8, 4) is 0 Å². The van der Waals surface area contributed by atoms with Gasteiger partial charge in [0.05, 0.1) is 6.04 Å². The summed E-state index contributed by atoms with van der Waals surface area (Å²) in [7, 11) is 0. The summed E-state index contributed by atoms with van der Waals surface area (Å²) >= 11 is 0. The maximum Gasteiger partial charge on any atom is 0.123 e. The van der Waals surface area contributed by atoms with Crippen LogP contribution in [0.5, 0.6) is 0 Å². The van der Waals surface area contributed by atoms with E-state index >= 15 is 0 Å². The fourth-order valence-corrected chi connectivity index (χ4v) is 2.74. The minimum absolute atomic E-state index is 0.360. The molecule has 1 saturated heterocycles. The minimum atomic E-state index is 0.360. The predicted molar refractivity (Wildman–Crippen MR) is 83.6 cm³/mol. The van der Waals surface area contributed by atoms with Crippen molar-refractivity contribution in [3.63, 3.8) is 0 Å². The molecule has 0 bridgehead atoms. The first kappa shape index (κ1) is 15.3. The van der Waals surface area contributed by atoms with Crippen LogP contribution in [0, 0.1) is 0 Å². The molecule has 0 radical (unpaired) electrons. The number of allylic oxidation sites excluding steroid dienone is 1. The number of hydrogen-bond acceptors (Lipinski definition) is 3. The Morgan fingerprint density at radius 3 is 2.80 bits per heavy atom. The smallest absolute Gasteiger partial charge is 0.123 e. The van der Waals surface area contributed by atoms with Gasteiger partial charge in [-0.05, 0) is 46.2 Å². The van der Waals surface area contributed by atoms with Crippen LogP contribution in [0.25, 0.3) is 0 Å². The van der Waals surface area contributed by atoms with Crippen LogP contribution in [0.4, 0.5) is 0 Å². The molecule has 0 spiro atoms. The molecule has 1 aromatic rings. The Morgan fingerprint density at radius 1 is 1.50 bits per heavy atom. The summed E-state index contributed by atoms with van der Waals surface area (Å²) in [6.45, 7) is 10.0. The number of hydrogen-bond donors (Lipinski definition) is 2. The van der Waals surface area contributed by atoms with Crippen LogP contribution in [0.3, 0.4) is 0 Å². The lowest BCUT2D eigenvalue weighted by molar-refractivity contribution is 0.204. The van der Waals surface area contributed by atoms with E-state index in [1.807, 2.05) is 12.4 Å². The number of H-pyrrole nitrogens is 1. The third-order valence-electron chi connectivity index (χ3n) is 4.04. The van der Waals surface area contributed by atoms with Crippen LogP contribution >= 0.6 is 0 Å². The molecule has 1 atom stereocenters. The summed E-state index contributed by atoms with van der Waals surface area (Å²) in [5.74, 6) is 1.07. The van der Waals surface area contributed by atoms with Crippen LogP contribution < -0.4 is 5.32 Å². The lowest BCUT2D eigenvalue weighted by Crippen LogP contribution is -2.43. The van der Waals surface area contributed by atoms with E-state index in [0.717, 1.165) is 18.8 Å².